The highest BCUT2D eigenvalue weighted by molar-refractivity contribution is 4.88. The molecule has 2 heteroatoms. The lowest BCUT2D eigenvalue weighted by atomic mass is 9.77. The lowest BCUT2D eigenvalue weighted by molar-refractivity contribution is 0.0620. The van der Waals surface area contributed by atoms with Crippen LogP contribution in [0.15, 0.2) is 0 Å². The summed E-state index contributed by atoms with van der Waals surface area (Å²) in [5.74, 6) is 1.90. The van der Waals surface area contributed by atoms with Crippen molar-refractivity contribution >= 4 is 0 Å². The molecule has 0 saturated heterocycles. The molecule has 100 valence electrons. The molecule has 17 heavy (non-hydrogen) atoms. The molecule has 0 aliphatic heterocycles. The number of likely N-dealkylation sites (N-methyl/N-ethyl adjacent to an activating group) is 1. The fourth-order valence-electron chi connectivity index (χ4n) is 3.75. The fraction of sp³-hybridized carbons (Fsp3) is 1.00. The molecule has 0 aromatic carbocycles. The highest BCUT2D eigenvalue weighted by Crippen LogP contribution is 2.35. The maximum atomic E-state index is 6.00. The lowest BCUT2D eigenvalue weighted by Gasteiger charge is -2.44. The Kier molecular flexibility index (Phi) is 4.87. The standard InChI is InChI=1S/C15H30N2/c1-3-12-7-9-14(10-8-12)17(2)15(11-16)13-5-4-6-13/h12-15H,3-11,16H2,1-2H3. The van der Waals surface area contributed by atoms with Crippen LogP contribution in [0.1, 0.15) is 58.3 Å². The van der Waals surface area contributed by atoms with Gasteiger partial charge in [0.1, 0.15) is 0 Å². The van der Waals surface area contributed by atoms with E-state index in [1.54, 1.807) is 0 Å². The van der Waals surface area contributed by atoms with E-state index in [1.807, 2.05) is 0 Å². The third kappa shape index (κ3) is 3.03. The van der Waals surface area contributed by atoms with Gasteiger partial charge in [-0.05, 0) is 57.4 Å². The monoisotopic (exact) mass is 238 g/mol. The maximum Gasteiger partial charge on any atom is 0.0246 e. The minimum Gasteiger partial charge on any atom is -0.329 e. The van der Waals surface area contributed by atoms with Crippen LogP contribution in [0.5, 0.6) is 0 Å². The van der Waals surface area contributed by atoms with Crippen LogP contribution in [0.2, 0.25) is 0 Å². The van der Waals surface area contributed by atoms with Gasteiger partial charge < -0.3 is 5.73 Å². The van der Waals surface area contributed by atoms with E-state index in [2.05, 4.69) is 18.9 Å². The van der Waals surface area contributed by atoms with Crippen molar-refractivity contribution in [3.05, 3.63) is 0 Å². The Morgan fingerprint density at radius 2 is 1.76 bits per heavy atom. The molecule has 2 N–H and O–H groups in total. The van der Waals surface area contributed by atoms with Gasteiger partial charge in [-0.2, -0.15) is 0 Å². The Morgan fingerprint density at radius 3 is 2.18 bits per heavy atom. The van der Waals surface area contributed by atoms with E-state index >= 15 is 0 Å². The summed E-state index contributed by atoms with van der Waals surface area (Å²) in [5.41, 5.74) is 6.00. The predicted octanol–water partition coefficient (Wildman–Crippen LogP) is 3.01. The molecular formula is C15H30N2. The molecule has 2 aliphatic carbocycles. The molecule has 0 bridgehead atoms. The van der Waals surface area contributed by atoms with Crippen molar-refractivity contribution < 1.29 is 0 Å². The first kappa shape index (κ1) is 13.4. The number of nitrogens with zero attached hydrogens (tertiary/aromatic N) is 1. The van der Waals surface area contributed by atoms with Gasteiger partial charge >= 0.3 is 0 Å². The molecule has 2 nitrogen and oxygen atoms in total. The quantitative estimate of drug-likeness (QED) is 0.798. The van der Waals surface area contributed by atoms with Crippen LogP contribution in [0.4, 0.5) is 0 Å². The van der Waals surface area contributed by atoms with Gasteiger partial charge in [-0.15, -0.1) is 0 Å². The van der Waals surface area contributed by atoms with Crippen molar-refractivity contribution in [3.63, 3.8) is 0 Å². The van der Waals surface area contributed by atoms with Gasteiger partial charge in [-0.1, -0.05) is 19.8 Å². The third-order valence-corrected chi connectivity index (χ3v) is 5.43. The van der Waals surface area contributed by atoms with Gasteiger partial charge in [-0.25, -0.2) is 0 Å². The van der Waals surface area contributed by atoms with Gasteiger partial charge in [0.25, 0.3) is 0 Å². The molecule has 0 aromatic heterocycles. The zero-order valence-corrected chi connectivity index (χ0v) is 11.7. The topological polar surface area (TPSA) is 29.3 Å². The van der Waals surface area contributed by atoms with Crippen molar-refractivity contribution in [1.82, 2.24) is 4.90 Å². The Labute approximate surface area is 107 Å². The minimum absolute atomic E-state index is 0.659. The number of nitrogens with two attached hydrogens (primary N) is 1. The first-order valence-electron chi connectivity index (χ1n) is 7.68. The summed E-state index contributed by atoms with van der Waals surface area (Å²) < 4.78 is 0. The summed E-state index contributed by atoms with van der Waals surface area (Å²) in [6.07, 6.45) is 11.3. The summed E-state index contributed by atoms with van der Waals surface area (Å²) in [6, 6.07) is 1.47. The van der Waals surface area contributed by atoms with Crippen molar-refractivity contribution in [1.29, 1.82) is 0 Å². The lowest BCUT2D eigenvalue weighted by Crippen LogP contribution is -2.51. The second-order valence-corrected chi connectivity index (χ2v) is 6.24. The molecule has 0 amide bonds. The predicted molar refractivity (Wildman–Crippen MR) is 74.0 cm³/mol. The number of hydrogen-bond donors (Lipinski definition) is 1. The molecule has 2 aliphatic rings. The Balaban J connectivity index is 1.83. The molecule has 2 rings (SSSR count). The fourth-order valence-corrected chi connectivity index (χ4v) is 3.75. The van der Waals surface area contributed by atoms with Gasteiger partial charge in [0.2, 0.25) is 0 Å². The van der Waals surface area contributed by atoms with Crippen LogP contribution >= 0.6 is 0 Å². The summed E-state index contributed by atoms with van der Waals surface area (Å²) in [4.78, 5) is 2.63. The summed E-state index contributed by atoms with van der Waals surface area (Å²) >= 11 is 0. The Hall–Kier alpha value is -0.0800. The third-order valence-electron chi connectivity index (χ3n) is 5.43. The van der Waals surface area contributed by atoms with Gasteiger partial charge in [0.15, 0.2) is 0 Å². The molecule has 2 saturated carbocycles. The zero-order chi connectivity index (χ0) is 12.3. The number of rotatable bonds is 5. The summed E-state index contributed by atoms with van der Waals surface area (Å²) in [6.45, 7) is 3.20. The van der Waals surface area contributed by atoms with E-state index in [0.717, 1.165) is 24.4 Å². The van der Waals surface area contributed by atoms with E-state index in [9.17, 15) is 0 Å². The van der Waals surface area contributed by atoms with Crippen LogP contribution in [-0.2, 0) is 0 Å². The normalized spacial score (nSPS) is 32.5. The molecule has 1 unspecified atom stereocenters. The average Bonchev–Trinajstić information content (AvgIpc) is 2.32. The van der Waals surface area contributed by atoms with Gasteiger partial charge in [0.05, 0.1) is 0 Å². The van der Waals surface area contributed by atoms with Gasteiger partial charge in [-0.3, -0.25) is 4.90 Å². The zero-order valence-electron chi connectivity index (χ0n) is 11.7. The maximum absolute atomic E-state index is 6.00. The molecule has 0 aromatic rings. The SMILES string of the molecule is CCC1CCC(N(C)C(CN)C2CCC2)CC1. The van der Waals surface area contributed by atoms with E-state index in [4.69, 9.17) is 5.73 Å². The highest BCUT2D eigenvalue weighted by Gasteiger charge is 2.33. The van der Waals surface area contributed by atoms with Crippen molar-refractivity contribution in [2.75, 3.05) is 13.6 Å². The Bertz CT molecular complexity index is 217. The minimum atomic E-state index is 0.659. The first-order chi connectivity index (χ1) is 8.26. The highest BCUT2D eigenvalue weighted by atomic mass is 15.2. The van der Waals surface area contributed by atoms with E-state index in [0.29, 0.717) is 6.04 Å². The summed E-state index contributed by atoms with van der Waals surface area (Å²) in [5, 5.41) is 0. The van der Waals surface area contributed by atoms with Crippen LogP contribution in [0.3, 0.4) is 0 Å². The van der Waals surface area contributed by atoms with Crippen molar-refractivity contribution in [2.45, 2.75) is 70.4 Å². The van der Waals surface area contributed by atoms with Gasteiger partial charge in [0, 0.05) is 18.6 Å². The van der Waals surface area contributed by atoms with E-state index < -0.39 is 0 Å². The van der Waals surface area contributed by atoms with Crippen LogP contribution in [-0.4, -0.2) is 30.6 Å². The molecule has 0 spiro atoms. The van der Waals surface area contributed by atoms with Crippen LogP contribution < -0.4 is 5.73 Å². The number of hydrogen-bond acceptors (Lipinski definition) is 2. The Morgan fingerprint density at radius 1 is 1.12 bits per heavy atom. The van der Waals surface area contributed by atoms with Crippen molar-refractivity contribution in [3.8, 4) is 0 Å². The van der Waals surface area contributed by atoms with Crippen LogP contribution in [0, 0.1) is 11.8 Å². The molecule has 0 heterocycles. The van der Waals surface area contributed by atoms with Crippen molar-refractivity contribution in [2.24, 2.45) is 17.6 Å². The summed E-state index contributed by atoms with van der Waals surface area (Å²) in [7, 11) is 2.33. The second-order valence-electron chi connectivity index (χ2n) is 6.24. The molecule has 0 radical (unpaired) electrons. The van der Waals surface area contributed by atoms with E-state index in [-0.39, 0.29) is 0 Å². The van der Waals surface area contributed by atoms with Crippen LogP contribution in [0.25, 0.3) is 0 Å². The average molecular weight is 238 g/mol. The molecule has 2 fully saturated rings. The smallest absolute Gasteiger partial charge is 0.0246 e. The second kappa shape index (κ2) is 6.19. The molecular weight excluding hydrogens is 208 g/mol. The largest absolute Gasteiger partial charge is 0.329 e. The first-order valence-corrected chi connectivity index (χ1v) is 7.68. The molecule has 1 atom stereocenters. The van der Waals surface area contributed by atoms with E-state index in [1.165, 1.54) is 51.4 Å².